The number of hydrogen-bond acceptors (Lipinski definition) is 3. The molecule has 0 bridgehead atoms. The van der Waals surface area contributed by atoms with Gasteiger partial charge < -0.3 is 0 Å². The van der Waals surface area contributed by atoms with Crippen molar-refractivity contribution < 1.29 is 0 Å². The highest BCUT2D eigenvalue weighted by Crippen LogP contribution is 2.26. The lowest BCUT2D eigenvalue weighted by Crippen LogP contribution is -2.25. The SMILES string of the molecule is O=NN1CC=CCC1c1cccnc1. The van der Waals surface area contributed by atoms with E-state index in [0.717, 1.165) is 12.0 Å². The summed E-state index contributed by atoms with van der Waals surface area (Å²) in [5.41, 5.74) is 1.04. The lowest BCUT2D eigenvalue weighted by Gasteiger charge is -2.27. The Morgan fingerprint density at radius 2 is 2.43 bits per heavy atom. The molecule has 2 heterocycles. The summed E-state index contributed by atoms with van der Waals surface area (Å²) in [5, 5.41) is 4.55. The predicted octanol–water partition coefficient (Wildman–Crippen LogP) is 2.07. The molecule has 1 aliphatic heterocycles. The van der Waals surface area contributed by atoms with Gasteiger partial charge in [-0.05, 0) is 18.1 Å². The fourth-order valence-electron chi connectivity index (χ4n) is 1.63. The van der Waals surface area contributed by atoms with Crippen molar-refractivity contribution in [2.45, 2.75) is 12.5 Å². The molecule has 4 nitrogen and oxygen atoms in total. The minimum atomic E-state index is 0.0474. The Balaban J connectivity index is 2.24. The summed E-state index contributed by atoms with van der Waals surface area (Å²) in [6.07, 6.45) is 8.34. The van der Waals surface area contributed by atoms with Gasteiger partial charge in [-0.25, -0.2) is 5.01 Å². The summed E-state index contributed by atoms with van der Waals surface area (Å²) in [7, 11) is 0. The third-order valence-electron chi connectivity index (χ3n) is 2.35. The fourth-order valence-corrected chi connectivity index (χ4v) is 1.63. The van der Waals surface area contributed by atoms with Crippen LogP contribution in [0.5, 0.6) is 0 Å². The van der Waals surface area contributed by atoms with Crippen LogP contribution in [0, 0.1) is 4.91 Å². The maximum Gasteiger partial charge on any atom is 0.0804 e. The number of pyridine rings is 1. The van der Waals surface area contributed by atoms with Crippen LogP contribution in [0.2, 0.25) is 0 Å². The molecule has 0 N–H and O–H groups in total. The van der Waals surface area contributed by atoms with E-state index in [1.165, 1.54) is 5.01 Å². The van der Waals surface area contributed by atoms with Gasteiger partial charge in [0.05, 0.1) is 17.9 Å². The highest BCUT2D eigenvalue weighted by Gasteiger charge is 2.20. The lowest BCUT2D eigenvalue weighted by atomic mass is 10.0. The Morgan fingerprint density at radius 3 is 3.14 bits per heavy atom. The zero-order chi connectivity index (χ0) is 9.80. The van der Waals surface area contributed by atoms with Crippen LogP contribution in [0.3, 0.4) is 0 Å². The van der Waals surface area contributed by atoms with E-state index in [-0.39, 0.29) is 6.04 Å². The van der Waals surface area contributed by atoms with Gasteiger partial charge in [0.1, 0.15) is 0 Å². The molecule has 2 rings (SSSR count). The predicted molar refractivity (Wildman–Crippen MR) is 53.2 cm³/mol. The zero-order valence-electron chi connectivity index (χ0n) is 7.71. The van der Waals surface area contributed by atoms with Gasteiger partial charge in [0.15, 0.2) is 0 Å². The molecule has 0 spiro atoms. The standard InChI is InChI=1S/C10H11N3O/c14-12-13-7-2-1-5-10(13)9-4-3-6-11-8-9/h1-4,6,8,10H,5,7H2. The summed E-state index contributed by atoms with van der Waals surface area (Å²) in [5.74, 6) is 0. The van der Waals surface area contributed by atoms with Crippen molar-refractivity contribution >= 4 is 0 Å². The first kappa shape index (κ1) is 8.87. The zero-order valence-corrected chi connectivity index (χ0v) is 7.71. The molecule has 14 heavy (non-hydrogen) atoms. The van der Waals surface area contributed by atoms with Crippen LogP contribution in [0.15, 0.2) is 42.0 Å². The van der Waals surface area contributed by atoms with Gasteiger partial charge in [-0.3, -0.25) is 4.98 Å². The van der Waals surface area contributed by atoms with Crippen LogP contribution in [0.25, 0.3) is 0 Å². The quantitative estimate of drug-likeness (QED) is 0.528. The van der Waals surface area contributed by atoms with Crippen molar-refractivity contribution in [2.24, 2.45) is 5.29 Å². The number of hydrogen-bond donors (Lipinski definition) is 0. The molecule has 0 amide bonds. The van der Waals surface area contributed by atoms with Gasteiger partial charge in [0.2, 0.25) is 0 Å². The first-order valence-electron chi connectivity index (χ1n) is 4.56. The summed E-state index contributed by atoms with van der Waals surface area (Å²) in [4.78, 5) is 14.6. The normalized spacial score (nSPS) is 20.9. The van der Waals surface area contributed by atoms with Crippen LogP contribution in [0.4, 0.5) is 0 Å². The molecule has 1 aliphatic rings. The minimum absolute atomic E-state index is 0.0474. The van der Waals surface area contributed by atoms with Gasteiger partial charge in [0.25, 0.3) is 0 Å². The molecule has 0 radical (unpaired) electrons. The number of nitrogens with zero attached hydrogens (tertiary/aromatic N) is 3. The Labute approximate surface area is 82.2 Å². The number of aromatic nitrogens is 1. The number of rotatable bonds is 2. The molecule has 0 saturated heterocycles. The van der Waals surface area contributed by atoms with Crippen molar-refractivity contribution in [1.29, 1.82) is 0 Å². The van der Waals surface area contributed by atoms with Gasteiger partial charge in [-0.15, -0.1) is 4.91 Å². The second-order valence-corrected chi connectivity index (χ2v) is 3.21. The molecule has 0 saturated carbocycles. The molecule has 72 valence electrons. The van der Waals surface area contributed by atoms with Crippen LogP contribution < -0.4 is 0 Å². The van der Waals surface area contributed by atoms with E-state index in [1.807, 2.05) is 18.2 Å². The first-order chi connectivity index (χ1) is 6.92. The molecule has 1 aromatic rings. The van der Waals surface area contributed by atoms with Crippen molar-refractivity contribution in [2.75, 3.05) is 6.54 Å². The minimum Gasteiger partial charge on any atom is -0.264 e. The van der Waals surface area contributed by atoms with Crippen molar-refractivity contribution in [3.05, 3.63) is 47.1 Å². The maximum atomic E-state index is 10.6. The monoisotopic (exact) mass is 189 g/mol. The molecular weight excluding hydrogens is 178 g/mol. The molecule has 0 fully saturated rings. The second-order valence-electron chi connectivity index (χ2n) is 3.21. The van der Waals surface area contributed by atoms with Crippen molar-refractivity contribution in [3.8, 4) is 0 Å². The molecule has 1 atom stereocenters. The van der Waals surface area contributed by atoms with E-state index >= 15 is 0 Å². The van der Waals surface area contributed by atoms with Crippen molar-refractivity contribution in [1.82, 2.24) is 9.99 Å². The summed E-state index contributed by atoms with van der Waals surface area (Å²) in [6, 6.07) is 3.89. The summed E-state index contributed by atoms with van der Waals surface area (Å²) < 4.78 is 0. The van der Waals surface area contributed by atoms with E-state index in [9.17, 15) is 4.91 Å². The van der Waals surface area contributed by atoms with Crippen molar-refractivity contribution in [3.63, 3.8) is 0 Å². The fraction of sp³-hybridized carbons (Fsp3) is 0.300. The average Bonchev–Trinajstić information content (AvgIpc) is 2.30. The van der Waals surface area contributed by atoms with Gasteiger partial charge in [-0.1, -0.05) is 18.2 Å². The second kappa shape index (κ2) is 4.00. The van der Waals surface area contributed by atoms with Gasteiger partial charge >= 0.3 is 0 Å². The van der Waals surface area contributed by atoms with E-state index < -0.39 is 0 Å². The molecule has 1 aromatic heterocycles. The Kier molecular flexibility index (Phi) is 2.53. The highest BCUT2D eigenvalue weighted by atomic mass is 16.3. The third kappa shape index (κ3) is 1.64. The first-order valence-corrected chi connectivity index (χ1v) is 4.56. The van der Waals surface area contributed by atoms with Gasteiger partial charge in [0, 0.05) is 12.4 Å². The summed E-state index contributed by atoms with van der Waals surface area (Å²) >= 11 is 0. The third-order valence-corrected chi connectivity index (χ3v) is 2.35. The number of nitroso groups, excluding NO2 is 1. The Morgan fingerprint density at radius 1 is 1.50 bits per heavy atom. The van der Waals surface area contributed by atoms with E-state index in [4.69, 9.17) is 0 Å². The summed E-state index contributed by atoms with van der Waals surface area (Å²) in [6.45, 7) is 0.586. The largest absolute Gasteiger partial charge is 0.264 e. The molecule has 0 aromatic carbocycles. The molecule has 4 heteroatoms. The molecular formula is C10H11N3O. The van der Waals surface area contributed by atoms with Crippen LogP contribution in [0.1, 0.15) is 18.0 Å². The van der Waals surface area contributed by atoms with E-state index in [0.29, 0.717) is 6.54 Å². The topological polar surface area (TPSA) is 45.6 Å². The Hall–Kier alpha value is -1.71. The average molecular weight is 189 g/mol. The lowest BCUT2D eigenvalue weighted by molar-refractivity contribution is 0.216. The highest BCUT2D eigenvalue weighted by molar-refractivity contribution is 5.16. The Bertz CT molecular complexity index is 336. The molecule has 0 aliphatic carbocycles. The van der Waals surface area contributed by atoms with E-state index in [1.54, 1.807) is 12.4 Å². The van der Waals surface area contributed by atoms with Crippen LogP contribution >= 0.6 is 0 Å². The van der Waals surface area contributed by atoms with Crippen LogP contribution in [-0.2, 0) is 0 Å². The van der Waals surface area contributed by atoms with E-state index in [2.05, 4.69) is 16.3 Å². The van der Waals surface area contributed by atoms with Crippen LogP contribution in [-0.4, -0.2) is 16.5 Å². The smallest absolute Gasteiger partial charge is 0.0804 e. The van der Waals surface area contributed by atoms with Gasteiger partial charge in [-0.2, -0.15) is 0 Å². The maximum absolute atomic E-state index is 10.6. The molecule has 1 unspecified atom stereocenters.